The Hall–Kier alpha value is -0.660. The van der Waals surface area contributed by atoms with Crippen LogP contribution in [0.4, 0.5) is 0 Å². The molecular formula is C14H27N3O3S. The summed E-state index contributed by atoms with van der Waals surface area (Å²) in [5.41, 5.74) is 5.89. The first-order chi connectivity index (χ1) is 9.78. The highest BCUT2D eigenvalue weighted by Gasteiger charge is 2.37. The van der Waals surface area contributed by atoms with Gasteiger partial charge in [-0.1, -0.05) is 6.92 Å². The lowest BCUT2D eigenvalue weighted by atomic mass is 9.90. The van der Waals surface area contributed by atoms with Gasteiger partial charge < -0.3 is 10.6 Å². The lowest BCUT2D eigenvalue weighted by Crippen LogP contribution is -2.46. The Bertz CT molecular complexity index is 494. The zero-order chi connectivity index (χ0) is 15.7. The quantitative estimate of drug-likeness (QED) is 0.752. The van der Waals surface area contributed by atoms with Crippen LogP contribution in [-0.4, -0.2) is 74.4 Å². The fourth-order valence-corrected chi connectivity index (χ4v) is 5.10. The molecule has 2 atom stereocenters. The third kappa shape index (κ3) is 3.96. The highest BCUT2D eigenvalue weighted by atomic mass is 32.2. The van der Waals surface area contributed by atoms with Crippen molar-refractivity contribution in [3.63, 3.8) is 0 Å². The van der Waals surface area contributed by atoms with Crippen LogP contribution in [0.3, 0.4) is 0 Å². The normalized spacial score (nSPS) is 32.4. The molecule has 0 aromatic rings. The van der Waals surface area contributed by atoms with Gasteiger partial charge in [0, 0.05) is 19.1 Å². The van der Waals surface area contributed by atoms with E-state index >= 15 is 0 Å². The number of likely N-dealkylation sites (tertiary alicyclic amines) is 1. The maximum atomic E-state index is 12.5. The number of hydrogen-bond donors (Lipinski definition) is 1. The number of rotatable bonds is 5. The standard InChI is InChI=1S/C14H27N3O3S/c1-3-17(12-4-7-21(19,20)9-12)13(18)8-16-6-5-14(2,10-15)11-16/h12H,3-11,15H2,1-2H3. The van der Waals surface area contributed by atoms with Crippen LogP contribution in [0.1, 0.15) is 26.7 Å². The number of carbonyl (C=O) groups is 1. The van der Waals surface area contributed by atoms with Crippen molar-refractivity contribution in [1.82, 2.24) is 9.80 Å². The van der Waals surface area contributed by atoms with Gasteiger partial charge in [-0.25, -0.2) is 8.42 Å². The first-order valence-electron chi connectivity index (χ1n) is 7.71. The van der Waals surface area contributed by atoms with E-state index in [0.717, 1.165) is 19.5 Å². The fraction of sp³-hybridized carbons (Fsp3) is 0.929. The Morgan fingerprint density at radius 2 is 2.19 bits per heavy atom. The van der Waals surface area contributed by atoms with Gasteiger partial charge in [-0.2, -0.15) is 0 Å². The van der Waals surface area contributed by atoms with E-state index in [4.69, 9.17) is 5.73 Å². The number of nitrogens with zero attached hydrogens (tertiary/aromatic N) is 2. The van der Waals surface area contributed by atoms with Crippen molar-refractivity contribution in [2.75, 3.05) is 44.2 Å². The van der Waals surface area contributed by atoms with E-state index < -0.39 is 9.84 Å². The second-order valence-electron chi connectivity index (χ2n) is 6.71. The van der Waals surface area contributed by atoms with Crippen molar-refractivity contribution in [3.8, 4) is 0 Å². The van der Waals surface area contributed by atoms with Gasteiger partial charge in [0.25, 0.3) is 0 Å². The Morgan fingerprint density at radius 1 is 1.48 bits per heavy atom. The maximum Gasteiger partial charge on any atom is 0.237 e. The molecule has 7 heteroatoms. The number of hydrogen-bond acceptors (Lipinski definition) is 5. The molecule has 0 aromatic carbocycles. The van der Waals surface area contributed by atoms with Gasteiger partial charge in [-0.05, 0) is 38.3 Å². The molecule has 2 N–H and O–H groups in total. The Morgan fingerprint density at radius 3 is 2.67 bits per heavy atom. The highest BCUT2D eigenvalue weighted by molar-refractivity contribution is 7.91. The molecule has 0 saturated carbocycles. The molecule has 0 aliphatic carbocycles. The van der Waals surface area contributed by atoms with E-state index in [2.05, 4.69) is 11.8 Å². The summed E-state index contributed by atoms with van der Waals surface area (Å²) in [4.78, 5) is 16.4. The first-order valence-corrected chi connectivity index (χ1v) is 9.53. The molecule has 2 aliphatic heterocycles. The lowest BCUT2D eigenvalue weighted by Gasteiger charge is -2.29. The van der Waals surface area contributed by atoms with E-state index in [9.17, 15) is 13.2 Å². The Balaban J connectivity index is 1.93. The second-order valence-corrected chi connectivity index (χ2v) is 8.94. The summed E-state index contributed by atoms with van der Waals surface area (Å²) in [5.74, 6) is 0.365. The molecule has 2 fully saturated rings. The maximum absolute atomic E-state index is 12.5. The van der Waals surface area contributed by atoms with E-state index in [1.807, 2.05) is 6.92 Å². The van der Waals surface area contributed by atoms with Crippen molar-refractivity contribution < 1.29 is 13.2 Å². The summed E-state index contributed by atoms with van der Waals surface area (Å²) in [5, 5.41) is 0. The van der Waals surface area contributed by atoms with E-state index in [1.54, 1.807) is 4.90 Å². The molecule has 21 heavy (non-hydrogen) atoms. The molecule has 2 aliphatic rings. The number of amides is 1. The molecule has 1 amide bonds. The van der Waals surface area contributed by atoms with Gasteiger partial charge in [-0.15, -0.1) is 0 Å². The minimum atomic E-state index is -2.96. The molecular weight excluding hydrogens is 290 g/mol. The minimum absolute atomic E-state index is 0.0425. The Kier molecular flexibility index (Phi) is 4.95. The zero-order valence-corrected chi connectivity index (χ0v) is 13.9. The van der Waals surface area contributed by atoms with Crippen LogP contribution < -0.4 is 5.73 Å². The average molecular weight is 317 g/mol. The average Bonchev–Trinajstić information content (AvgIpc) is 2.95. The first kappa shape index (κ1) is 16.7. The smallest absolute Gasteiger partial charge is 0.237 e. The van der Waals surface area contributed by atoms with Crippen molar-refractivity contribution in [2.24, 2.45) is 11.1 Å². The van der Waals surface area contributed by atoms with Gasteiger partial charge in [0.15, 0.2) is 9.84 Å². The highest BCUT2D eigenvalue weighted by Crippen LogP contribution is 2.28. The zero-order valence-electron chi connectivity index (χ0n) is 13.0. The Labute approximate surface area is 127 Å². The second kappa shape index (κ2) is 6.22. The number of sulfone groups is 1. The predicted molar refractivity (Wildman–Crippen MR) is 82.7 cm³/mol. The van der Waals surface area contributed by atoms with Crippen molar-refractivity contribution in [3.05, 3.63) is 0 Å². The molecule has 2 heterocycles. The molecule has 2 saturated heterocycles. The van der Waals surface area contributed by atoms with Gasteiger partial charge in [-0.3, -0.25) is 9.69 Å². The number of carbonyl (C=O) groups excluding carboxylic acids is 1. The minimum Gasteiger partial charge on any atom is -0.338 e. The van der Waals surface area contributed by atoms with Crippen molar-refractivity contribution in [2.45, 2.75) is 32.7 Å². The van der Waals surface area contributed by atoms with Crippen LogP contribution in [0.5, 0.6) is 0 Å². The molecule has 0 radical (unpaired) electrons. The SMILES string of the molecule is CCN(C(=O)CN1CCC(C)(CN)C1)C1CCS(=O)(=O)C1. The van der Waals surface area contributed by atoms with Crippen LogP contribution in [0.15, 0.2) is 0 Å². The fourth-order valence-electron chi connectivity index (χ4n) is 3.37. The van der Waals surface area contributed by atoms with Crippen LogP contribution >= 0.6 is 0 Å². The summed E-state index contributed by atoms with van der Waals surface area (Å²) in [7, 11) is -2.96. The molecule has 2 unspecified atom stereocenters. The van der Waals surface area contributed by atoms with Gasteiger partial charge in [0.1, 0.15) is 0 Å². The van der Waals surface area contributed by atoms with Gasteiger partial charge in [0.2, 0.25) is 5.91 Å². The molecule has 0 bridgehead atoms. The third-order valence-electron chi connectivity index (χ3n) is 4.80. The summed E-state index contributed by atoms with van der Waals surface area (Å²) < 4.78 is 23.2. The van der Waals surface area contributed by atoms with Crippen molar-refractivity contribution >= 4 is 15.7 Å². The van der Waals surface area contributed by atoms with Gasteiger partial charge in [0.05, 0.1) is 18.1 Å². The summed E-state index contributed by atoms with van der Waals surface area (Å²) >= 11 is 0. The summed E-state index contributed by atoms with van der Waals surface area (Å²) in [6.07, 6.45) is 1.59. The third-order valence-corrected chi connectivity index (χ3v) is 6.55. The van der Waals surface area contributed by atoms with Gasteiger partial charge >= 0.3 is 0 Å². The van der Waals surface area contributed by atoms with Crippen molar-refractivity contribution in [1.29, 1.82) is 0 Å². The van der Waals surface area contributed by atoms with Crippen LogP contribution in [-0.2, 0) is 14.6 Å². The summed E-state index contributed by atoms with van der Waals surface area (Å²) in [6, 6.07) is -0.143. The largest absolute Gasteiger partial charge is 0.338 e. The topological polar surface area (TPSA) is 83.7 Å². The van der Waals surface area contributed by atoms with E-state index in [0.29, 0.717) is 26.1 Å². The molecule has 2 rings (SSSR count). The van der Waals surface area contributed by atoms with Crippen LogP contribution in [0.2, 0.25) is 0 Å². The molecule has 0 aromatic heterocycles. The molecule has 6 nitrogen and oxygen atoms in total. The van der Waals surface area contributed by atoms with E-state index in [1.165, 1.54) is 0 Å². The van der Waals surface area contributed by atoms with Crippen LogP contribution in [0.25, 0.3) is 0 Å². The number of likely N-dealkylation sites (N-methyl/N-ethyl adjacent to an activating group) is 1. The lowest BCUT2D eigenvalue weighted by molar-refractivity contribution is -0.133. The monoisotopic (exact) mass is 317 g/mol. The predicted octanol–water partition coefficient (Wildman–Crippen LogP) is -0.307. The molecule has 122 valence electrons. The summed E-state index contributed by atoms with van der Waals surface area (Å²) in [6.45, 7) is 7.38. The van der Waals surface area contributed by atoms with Crippen LogP contribution in [0, 0.1) is 5.41 Å². The van der Waals surface area contributed by atoms with E-state index in [-0.39, 0.29) is 28.9 Å². The molecule has 0 spiro atoms. The number of nitrogens with two attached hydrogens (primary N) is 1.